The molecule has 0 aliphatic rings. The summed E-state index contributed by atoms with van der Waals surface area (Å²) in [5.41, 5.74) is 3.58. The van der Waals surface area contributed by atoms with Gasteiger partial charge in [-0.15, -0.1) is 0 Å². The first-order valence-corrected chi connectivity index (χ1v) is 11.7. The number of hydrogen-bond donors (Lipinski definition) is 1. The Kier molecular flexibility index (Phi) is 6.84. The number of unbranched alkanes of at least 4 members (excludes halogenated alkanes) is 5. The van der Waals surface area contributed by atoms with Crippen LogP contribution in [0.5, 0.6) is 0 Å². The molecule has 2 aromatic heterocycles. The van der Waals surface area contributed by atoms with E-state index in [0.717, 1.165) is 40.4 Å². The molecule has 32 heavy (non-hydrogen) atoms. The molecule has 2 heterocycles. The summed E-state index contributed by atoms with van der Waals surface area (Å²) in [7, 11) is 1.97. The number of H-pyrrole nitrogens is 1. The van der Waals surface area contributed by atoms with E-state index in [2.05, 4.69) is 37.0 Å². The van der Waals surface area contributed by atoms with E-state index >= 15 is 0 Å². The third-order valence-electron chi connectivity index (χ3n) is 6.05. The summed E-state index contributed by atoms with van der Waals surface area (Å²) in [6.45, 7) is 5.03. The fourth-order valence-corrected chi connectivity index (χ4v) is 4.28. The highest BCUT2D eigenvalue weighted by molar-refractivity contribution is 5.92. The van der Waals surface area contributed by atoms with Gasteiger partial charge in [0.2, 0.25) is 0 Å². The van der Waals surface area contributed by atoms with Gasteiger partial charge in [-0.1, -0.05) is 81.0 Å². The molecule has 2 aromatic carbocycles. The average Bonchev–Trinajstić information content (AvgIpc) is 2.80. The van der Waals surface area contributed by atoms with Crippen molar-refractivity contribution < 1.29 is 0 Å². The lowest BCUT2D eigenvalue weighted by Gasteiger charge is -2.13. The van der Waals surface area contributed by atoms with Crippen molar-refractivity contribution in [2.75, 3.05) is 6.54 Å². The van der Waals surface area contributed by atoms with Gasteiger partial charge >= 0.3 is 0 Å². The fraction of sp³-hybridized carbons (Fsp3) is 0.370. The molecule has 4 rings (SSSR count). The maximum Gasteiger partial charge on any atom is 0.262 e. The van der Waals surface area contributed by atoms with E-state index in [0.29, 0.717) is 16.9 Å². The maximum atomic E-state index is 13.3. The molecule has 0 unspecified atom stereocenters. The predicted octanol–water partition coefficient (Wildman–Crippen LogP) is 5.65. The Morgan fingerprint density at radius 2 is 1.75 bits per heavy atom. The number of nitrogens with one attached hydrogen (secondary N) is 1. The summed E-state index contributed by atoms with van der Waals surface area (Å²) in [6.07, 6.45) is 7.29. The molecule has 0 fully saturated rings. The Balaban J connectivity index is 1.86. The Labute approximate surface area is 188 Å². The minimum Gasteiger partial charge on any atom is -0.328 e. The molecule has 0 spiro atoms. The van der Waals surface area contributed by atoms with Crippen molar-refractivity contribution in [3.8, 4) is 11.4 Å². The molecular weight excluding hydrogens is 396 g/mol. The molecule has 5 nitrogen and oxygen atoms in total. The molecule has 0 saturated carbocycles. The van der Waals surface area contributed by atoms with Gasteiger partial charge < -0.3 is 9.55 Å². The van der Waals surface area contributed by atoms with Crippen molar-refractivity contribution in [3.63, 3.8) is 0 Å². The van der Waals surface area contributed by atoms with Crippen LogP contribution in [0.1, 0.15) is 51.0 Å². The van der Waals surface area contributed by atoms with E-state index < -0.39 is 0 Å². The van der Waals surface area contributed by atoms with Crippen molar-refractivity contribution in [1.29, 1.82) is 0 Å². The molecule has 166 valence electrons. The number of aromatic amines is 1. The molecule has 1 N–H and O–H groups in total. The molecule has 0 aliphatic heterocycles. The topological polar surface area (TPSA) is 63.0 Å². The van der Waals surface area contributed by atoms with Crippen LogP contribution in [0.25, 0.3) is 33.3 Å². The van der Waals surface area contributed by atoms with Crippen molar-refractivity contribution in [2.45, 2.75) is 52.4 Å². The third-order valence-corrected chi connectivity index (χ3v) is 6.05. The SMILES string of the molecule is CCCCCCCCN=c1c2cc(C)ccc2n(C)c2nc(-c3ccccc3)[nH]c(=O)c12. The van der Waals surface area contributed by atoms with Crippen molar-refractivity contribution in [3.05, 3.63) is 69.8 Å². The van der Waals surface area contributed by atoms with Crippen molar-refractivity contribution in [2.24, 2.45) is 12.0 Å². The van der Waals surface area contributed by atoms with Gasteiger partial charge in [-0.05, 0) is 25.5 Å². The third kappa shape index (κ3) is 4.52. The highest BCUT2D eigenvalue weighted by Gasteiger charge is 2.14. The second-order valence-electron chi connectivity index (χ2n) is 8.56. The van der Waals surface area contributed by atoms with Crippen LogP contribution in [-0.2, 0) is 7.05 Å². The maximum absolute atomic E-state index is 13.3. The highest BCUT2D eigenvalue weighted by Crippen LogP contribution is 2.19. The monoisotopic (exact) mass is 428 g/mol. The average molecular weight is 429 g/mol. The predicted molar refractivity (Wildman–Crippen MR) is 133 cm³/mol. The van der Waals surface area contributed by atoms with Gasteiger partial charge in [-0.25, -0.2) is 4.98 Å². The molecule has 0 bridgehead atoms. The minimum atomic E-state index is -0.144. The lowest BCUT2D eigenvalue weighted by atomic mass is 10.1. The van der Waals surface area contributed by atoms with E-state index in [-0.39, 0.29) is 5.56 Å². The number of hydrogen-bond acceptors (Lipinski definition) is 3. The van der Waals surface area contributed by atoms with Gasteiger partial charge in [-0.2, -0.15) is 0 Å². The van der Waals surface area contributed by atoms with Gasteiger partial charge in [0.1, 0.15) is 16.9 Å². The largest absolute Gasteiger partial charge is 0.328 e. The molecule has 0 atom stereocenters. The summed E-state index contributed by atoms with van der Waals surface area (Å²) >= 11 is 0. The highest BCUT2D eigenvalue weighted by atomic mass is 16.1. The molecule has 0 aliphatic carbocycles. The Bertz CT molecular complexity index is 1350. The lowest BCUT2D eigenvalue weighted by molar-refractivity contribution is 0.610. The Morgan fingerprint density at radius 1 is 1.00 bits per heavy atom. The molecule has 0 amide bonds. The number of rotatable bonds is 8. The number of aryl methyl sites for hydroxylation is 2. The molecule has 4 aromatic rings. The molecular formula is C27H32N4O. The van der Waals surface area contributed by atoms with Crippen LogP contribution in [0, 0.1) is 6.92 Å². The zero-order valence-electron chi connectivity index (χ0n) is 19.3. The lowest BCUT2D eigenvalue weighted by Crippen LogP contribution is -2.23. The van der Waals surface area contributed by atoms with Crippen molar-refractivity contribution >= 4 is 21.9 Å². The second-order valence-corrected chi connectivity index (χ2v) is 8.56. The Morgan fingerprint density at radius 3 is 2.53 bits per heavy atom. The number of benzene rings is 2. The van der Waals surface area contributed by atoms with Gasteiger partial charge in [-0.3, -0.25) is 9.79 Å². The van der Waals surface area contributed by atoms with E-state index in [9.17, 15) is 4.79 Å². The van der Waals surface area contributed by atoms with Gasteiger partial charge in [0.05, 0.1) is 10.9 Å². The minimum absolute atomic E-state index is 0.144. The fourth-order valence-electron chi connectivity index (χ4n) is 4.28. The van der Waals surface area contributed by atoms with Crippen LogP contribution in [0.3, 0.4) is 0 Å². The summed E-state index contributed by atoms with van der Waals surface area (Å²) < 4.78 is 2.01. The van der Waals surface area contributed by atoms with Crippen LogP contribution in [0.15, 0.2) is 58.3 Å². The smallest absolute Gasteiger partial charge is 0.262 e. The molecule has 0 radical (unpaired) electrons. The molecule has 0 saturated heterocycles. The first-order chi connectivity index (χ1) is 15.6. The van der Waals surface area contributed by atoms with Crippen molar-refractivity contribution in [1.82, 2.24) is 14.5 Å². The van der Waals surface area contributed by atoms with E-state index in [1.165, 1.54) is 32.1 Å². The van der Waals surface area contributed by atoms with E-state index in [4.69, 9.17) is 9.98 Å². The van der Waals surface area contributed by atoms with Gasteiger partial charge in [0, 0.05) is 24.5 Å². The normalized spacial score (nSPS) is 12.2. The number of pyridine rings is 1. The zero-order chi connectivity index (χ0) is 22.5. The van der Waals surface area contributed by atoms with Crippen LogP contribution in [0.2, 0.25) is 0 Å². The van der Waals surface area contributed by atoms with Gasteiger partial charge in [0.25, 0.3) is 5.56 Å². The zero-order valence-corrected chi connectivity index (χ0v) is 19.3. The quantitative estimate of drug-likeness (QED) is 0.291. The first-order valence-electron chi connectivity index (χ1n) is 11.7. The summed E-state index contributed by atoms with van der Waals surface area (Å²) in [6, 6.07) is 16.1. The summed E-state index contributed by atoms with van der Waals surface area (Å²) in [4.78, 5) is 26.1. The van der Waals surface area contributed by atoms with Crippen LogP contribution < -0.4 is 10.9 Å². The number of aromatic nitrogens is 3. The van der Waals surface area contributed by atoms with E-state index in [1.54, 1.807) is 0 Å². The van der Waals surface area contributed by atoms with Crippen LogP contribution >= 0.6 is 0 Å². The standard InChI is InChI=1S/C27H32N4O/c1-4-5-6-7-8-12-17-28-24-21-18-19(2)15-16-22(21)31(3)26-23(24)27(32)30-25(29-26)20-13-10-9-11-14-20/h9-11,13-16,18H,4-8,12,17H2,1-3H3,(H,29,30,32). The second kappa shape index (κ2) is 9.94. The number of nitrogens with zero attached hydrogens (tertiary/aromatic N) is 3. The molecule has 5 heteroatoms. The first kappa shape index (κ1) is 22.0. The summed E-state index contributed by atoms with van der Waals surface area (Å²) in [5.74, 6) is 0.576. The van der Waals surface area contributed by atoms with Crippen LogP contribution in [-0.4, -0.2) is 21.1 Å². The number of fused-ring (bicyclic) bond motifs is 2. The van der Waals surface area contributed by atoms with Gasteiger partial charge in [0.15, 0.2) is 0 Å². The van der Waals surface area contributed by atoms with Crippen LogP contribution in [0.4, 0.5) is 0 Å². The Hall–Kier alpha value is -3.21. The van der Waals surface area contributed by atoms with E-state index in [1.807, 2.05) is 41.9 Å². The summed E-state index contributed by atoms with van der Waals surface area (Å²) in [5, 5.41) is 2.33.